The average Bonchev–Trinajstić information content (AvgIpc) is 3.02. The smallest absolute Gasteiger partial charge is 0.303 e. The highest BCUT2D eigenvalue weighted by Crippen LogP contribution is 2.41. The van der Waals surface area contributed by atoms with Crippen molar-refractivity contribution in [2.24, 2.45) is 0 Å². The molecule has 3 rings (SSSR count). The summed E-state index contributed by atoms with van der Waals surface area (Å²) in [4.78, 5) is 38.1. The highest BCUT2D eigenvalue weighted by atomic mass is 35.5. The lowest BCUT2D eigenvalue weighted by Crippen LogP contribution is -2.32. The fourth-order valence-electron chi connectivity index (χ4n) is 3.74. The van der Waals surface area contributed by atoms with Crippen molar-refractivity contribution in [2.45, 2.75) is 31.7 Å². The number of amides is 1. The van der Waals surface area contributed by atoms with Crippen LogP contribution >= 0.6 is 23.2 Å². The Kier molecular flexibility index (Phi) is 8.31. The summed E-state index contributed by atoms with van der Waals surface area (Å²) < 4.78 is 0. The molecule has 2 N–H and O–H groups in total. The summed E-state index contributed by atoms with van der Waals surface area (Å²) in [6.07, 6.45) is 4.53. The highest BCUT2D eigenvalue weighted by molar-refractivity contribution is 6.35. The van der Waals surface area contributed by atoms with E-state index in [1.807, 2.05) is 30.3 Å². The Morgan fingerprint density at radius 2 is 1.76 bits per heavy atom. The number of halogens is 2. The normalized spacial score (nSPS) is 16.1. The first-order valence-corrected chi connectivity index (χ1v) is 11.2. The predicted octanol–water partition coefficient (Wildman–Crippen LogP) is 5.62. The maximum Gasteiger partial charge on any atom is 0.303 e. The Balaban J connectivity index is 1.90. The van der Waals surface area contributed by atoms with Crippen LogP contribution in [0.3, 0.4) is 0 Å². The SMILES string of the molecule is O=C(O)CCCCCN1C(=O)C(O)=C(C(=O)C=Cc2ccccc2)C1c1ccc(Cl)cc1Cl. The van der Waals surface area contributed by atoms with Gasteiger partial charge in [-0.3, -0.25) is 14.4 Å². The van der Waals surface area contributed by atoms with E-state index < -0.39 is 29.5 Å². The Bertz CT molecular complexity index is 1110. The van der Waals surface area contributed by atoms with E-state index in [0.717, 1.165) is 5.56 Å². The second kappa shape index (κ2) is 11.2. The second-order valence-electron chi connectivity index (χ2n) is 7.64. The minimum atomic E-state index is -0.880. The van der Waals surface area contributed by atoms with Crippen molar-refractivity contribution in [1.82, 2.24) is 4.90 Å². The number of hydrogen-bond donors (Lipinski definition) is 2. The van der Waals surface area contributed by atoms with Gasteiger partial charge in [-0.25, -0.2) is 0 Å². The van der Waals surface area contributed by atoms with Crippen molar-refractivity contribution in [2.75, 3.05) is 6.54 Å². The summed E-state index contributed by atoms with van der Waals surface area (Å²) >= 11 is 12.4. The third kappa shape index (κ3) is 6.03. The van der Waals surface area contributed by atoms with Crippen LogP contribution in [0.2, 0.25) is 10.0 Å². The predicted molar refractivity (Wildman–Crippen MR) is 127 cm³/mol. The molecule has 0 bridgehead atoms. The van der Waals surface area contributed by atoms with Gasteiger partial charge in [0.2, 0.25) is 0 Å². The van der Waals surface area contributed by atoms with Crippen LogP contribution in [0, 0.1) is 0 Å². The van der Waals surface area contributed by atoms with Crippen molar-refractivity contribution >= 4 is 46.9 Å². The minimum Gasteiger partial charge on any atom is -0.503 e. The summed E-state index contributed by atoms with van der Waals surface area (Å²) in [6, 6.07) is 13.1. The Hall–Kier alpha value is -3.09. The molecule has 1 heterocycles. The summed E-state index contributed by atoms with van der Waals surface area (Å²) in [7, 11) is 0. The van der Waals surface area contributed by atoms with Gasteiger partial charge in [0, 0.05) is 23.0 Å². The largest absolute Gasteiger partial charge is 0.503 e. The molecule has 0 saturated carbocycles. The molecule has 172 valence electrons. The molecular formula is C25H23Cl2NO5. The number of carboxylic acid groups (broad SMARTS) is 1. The lowest BCUT2D eigenvalue weighted by atomic mass is 9.95. The van der Waals surface area contributed by atoms with Crippen LogP contribution in [0.25, 0.3) is 6.08 Å². The number of aliphatic hydroxyl groups excluding tert-OH is 1. The number of ketones is 1. The molecule has 0 aromatic heterocycles. The van der Waals surface area contributed by atoms with Gasteiger partial charge in [-0.05, 0) is 42.2 Å². The van der Waals surface area contributed by atoms with E-state index in [9.17, 15) is 19.5 Å². The van der Waals surface area contributed by atoms with Crippen molar-refractivity contribution in [1.29, 1.82) is 0 Å². The molecule has 0 spiro atoms. The fraction of sp³-hybridized carbons (Fsp3) is 0.240. The first kappa shape index (κ1) is 24.6. The van der Waals surface area contributed by atoms with E-state index in [4.69, 9.17) is 28.3 Å². The zero-order chi connectivity index (χ0) is 24.0. The summed E-state index contributed by atoms with van der Waals surface area (Å²) in [5, 5.41) is 20.1. The molecule has 2 aromatic rings. The molecule has 0 aliphatic carbocycles. The van der Waals surface area contributed by atoms with E-state index >= 15 is 0 Å². The molecular weight excluding hydrogens is 465 g/mol. The number of aliphatic hydroxyl groups is 1. The topological polar surface area (TPSA) is 94.9 Å². The molecule has 0 saturated heterocycles. The van der Waals surface area contributed by atoms with Crippen LogP contribution in [-0.4, -0.2) is 39.3 Å². The zero-order valence-corrected chi connectivity index (χ0v) is 19.2. The number of benzene rings is 2. The van der Waals surface area contributed by atoms with Gasteiger partial charge in [0.1, 0.15) is 0 Å². The molecule has 1 unspecified atom stereocenters. The minimum absolute atomic E-state index is 0.0396. The maximum absolute atomic E-state index is 13.1. The quantitative estimate of drug-likeness (QED) is 0.335. The molecule has 0 radical (unpaired) electrons. The van der Waals surface area contributed by atoms with Gasteiger partial charge in [-0.1, -0.05) is 72.1 Å². The number of nitrogens with zero attached hydrogens (tertiary/aromatic N) is 1. The van der Waals surface area contributed by atoms with Gasteiger partial charge >= 0.3 is 5.97 Å². The van der Waals surface area contributed by atoms with Crippen molar-refractivity contribution in [3.05, 3.63) is 87.1 Å². The Morgan fingerprint density at radius 1 is 1.03 bits per heavy atom. The van der Waals surface area contributed by atoms with Gasteiger partial charge in [0.25, 0.3) is 5.91 Å². The zero-order valence-electron chi connectivity index (χ0n) is 17.7. The van der Waals surface area contributed by atoms with E-state index in [-0.39, 0.29) is 23.6 Å². The third-order valence-corrected chi connectivity index (χ3v) is 5.91. The van der Waals surface area contributed by atoms with Crippen molar-refractivity contribution in [3.63, 3.8) is 0 Å². The van der Waals surface area contributed by atoms with Crippen LogP contribution in [0.1, 0.15) is 42.9 Å². The van der Waals surface area contributed by atoms with Crippen LogP contribution in [-0.2, 0) is 14.4 Å². The number of carbonyl (C=O) groups excluding carboxylic acids is 2. The standard InChI is InChI=1S/C25H23Cl2NO5/c26-17-11-12-18(19(27)15-17)23-22(20(29)13-10-16-7-3-1-4-8-16)24(32)25(33)28(23)14-6-2-5-9-21(30)31/h1,3-4,7-8,10-13,15,23,32H,2,5-6,9,14H2,(H,30,31). The number of rotatable bonds is 10. The Labute approximate surface area is 201 Å². The number of hydrogen-bond acceptors (Lipinski definition) is 4. The molecule has 1 atom stereocenters. The van der Waals surface area contributed by atoms with Gasteiger partial charge in [0.15, 0.2) is 11.5 Å². The number of carboxylic acids is 1. The summed E-state index contributed by atoms with van der Waals surface area (Å²) in [5.41, 5.74) is 1.22. The van der Waals surface area contributed by atoms with Crippen LogP contribution < -0.4 is 0 Å². The van der Waals surface area contributed by atoms with Crippen LogP contribution in [0.5, 0.6) is 0 Å². The molecule has 1 aliphatic heterocycles. The lowest BCUT2D eigenvalue weighted by molar-refractivity contribution is -0.137. The van der Waals surface area contributed by atoms with E-state index in [0.29, 0.717) is 29.8 Å². The lowest BCUT2D eigenvalue weighted by Gasteiger charge is -2.27. The van der Waals surface area contributed by atoms with Gasteiger partial charge in [0.05, 0.1) is 11.6 Å². The number of aliphatic carboxylic acids is 1. The average molecular weight is 488 g/mol. The fourth-order valence-corrected chi connectivity index (χ4v) is 4.26. The first-order valence-electron chi connectivity index (χ1n) is 10.5. The summed E-state index contributed by atoms with van der Waals surface area (Å²) in [6.45, 7) is 0.227. The third-order valence-electron chi connectivity index (χ3n) is 5.34. The Morgan fingerprint density at radius 3 is 2.42 bits per heavy atom. The van der Waals surface area contributed by atoms with E-state index in [1.54, 1.807) is 18.2 Å². The summed E-state index contributed by atoms with van der Waals surface area (Å²) in [5.74, 6) is -2.66. The number of unbranched alkanes of at least 4 members (excludes halogenated alkanes) is 2. The molecule has 1 aliphatic rings. The van der Waals surface area contributed by atoms with Crippen molar-refractivity contribution < 1.29 is 24.6 Å². The molecule has 0 fully saturated rings. The van der Waals surface area contributed by atoms with Crippen LogP contribution in [0.4, 0.5) is 0 Å². The van der Waals surface area contributed by atoms with Crippen molar-refractivity contribution in [3.8, 4) is 0 Å². The highest BCUT2D eigenvalue weighted by Gasteiger charge is 2.43. The maximum atomic E-state index is 13.1. The van der Waals surface area contributed by atoms with Gasteiger partial charge in [-0.2, -0.15) is 0 Å². The molecule has 1 amide bonds. The molecule has 33 heavy (non-hydrogen) atoms. The number of allylic oxidation sites excluding steroid dienone is 1. The van der Waals surface area contributed by atoms with Gasteiger partial charge in [-0.15, -0.1) is 0 Å². The number of carbonyl (C=O) groups is 3. The molecule has 8 heteroatoms. The van der Waals surface area contributed by atoms with E-state index in [2.05, 4.69) is 0 Å². The molecule has 2 aromatic carbocycles. The monoisotopic (exact) mass is 487 g/mol. The second-order valence-corrected chi connectivity index (χ2v) is 8.49. The molecule has 6 nitrogen and oxygen atoms in total. The first-order chi connectivity index (χ1) is 15.8. The van der Waals surface area contributed by atoms with E-state index in [1.165, 1.54) is 17.0 Å². The van der Waals surface area contributed by atoms with Gasteiger partial charge < -0.3 is 15.1 Å². The van der Waals surface area contributed by atoms with Crippen LogP contribution in [0.15, 0.2) is 65.9 Å².